The molecule has 0 unspecified atom stereocenters. The molecule has 0 radical (unpaired) electrons. The zero-order chi connectivity index (χ0) is 19.3. The van der Waals surface area contributed by atoms with Crippen LogP contribution in [0, 0.1) is 5.92 Å². The summed E-state index contributed by atoms with van der Waals surface area (Å²) >= 11 is 12.5. The molecule has 27 heavy (non-hydrogen) atoms. The summed E-state index contributed by atoms with van der Waals surface area (Å²) < 4.78 is 0. The van der Waals surface area contributed by atoms with Crippen molar-refractivity contribution >= 4 is 40.7 Å². The largest absolute Gasteiger partial charge is 0.277 e. The number of para-hydroxylation sites is 1. The van der Waals surface area contributed by atoms with E-state index in [0.29, 0.717) is 15.6 Å². The maximum Gasteiger partial charge on any atom is 0.262 e. The number of amides is 2. The number of hydroxylamine groups is 1. The molecule has 140 valence electrons. The van der Waals surface area contributed by atoms with Crippen molar-refractivity contribution < 1.29 is 14.4 Å². The predicted octanol–water partition coefficient (Wildman–Crippen LogP) is 4.25. The number of halogens is 2. The zero-order valence-electron chi connectivity index (χ0n) is 14.8. The summed E-state index contributed by atoms with van der Waals surface area (Å²) in [6, 6.07) is 13.8. The molecule has 0 spiro atoms. The molecule has 0 aliphatic carbocycles. The summed E-state index contributed by atoms with van der Waals surface area (Å²) in [6.07, 6.45) is -0.864. The molecule has 5 nitrogen and oxygen atoms in total. The van der Waals surface area contributed by atoms with Crippen molar-refractivity contribution in [1.29, 1.82) is 0 Å². The average Bonchev–Trinajstić information content (AvgIpc) is 3.12. The van der Waals surface area contributed by atoms with E-state index >= 15 is 0 Å². The number of imide groups is 1. The van der Waals surface area contributed by atoms with E-state index in [1.807, 2.05) is 44.2 Å². The van der Waals surface area contributed by atoms with Gasteiger partial charge in [0, 0.05) is 16.1 Å². The maximum absolute atomic E-state index is 13.1. The monoisotopic (exact) mass is 404 g/mol. The Bertz CT molecular complexity index is 903. The molecule has 4 rings (SSSR count). The second-order valence-corrected chi connectivity index (χ2v) is 7.81. The molecule has 2 amide bonds. The molecular formula is C20H18Cl2N2O3. The standard InChI is InChI=1S/C20H18Cl2N2O3/c1-11(2)23-19(25)16-17(14-9-8-12(21)10-15(14)22)24(27-18(16)20(23)26)13-6-4-3-5-7-13/h3-11,16-18H,1-2H3/t16-,17-,18+/m1/s1. The lowest BCUT2D eigenvalue weighted by atomic mass is 9.90. The summed E-state index contributed by atoms with van der Waals surface area (Å²) in [5.41, 5.74) is 1.45. The Morgan fingerprint density at radius 1 is 1.00 bits per heavy atom. The molecule has 2 aliphatic rings. The first-order chi connectivity index (χ1) is 12.9. The number of carbonyl (C=O) groups excluding carboxylic acids is 2. The fourth-order valence-electron chi connectivity index (χ4n) is 3.80. The summed E-state index contributed by atoms with van der Waals surface area (Å²) in [4.78, 5) is 33.2. The number of hydrogen-bond acceptors (Lipinski definition) is 4. The lowest BCUT2D eigenvalue weighted by Gasteiger charge is -2.30. The van der Waals surface area contributed by atoms with Gasteiger partial charge >= 0.3 is 0 Å². The lowest BCUT2D eigenvalue weighted by molar-refractivity contribution is -0.145. The summed E-state index contributed by atoms with van der Waals surface area (Å²) in [5, 5.41) is 2.56. The van der Waals surface area contributed by atoms with E-state index in [4.69, 9.17) is 28.0 Å². The number of likely N-dealkylation sites (tertiary alicyclic amines) is 1. The van der Waals surface area contributed by atoms with Crippen LogP contribution in [0.3, 0.4) is 0 Å². The van der Waals surface area contributed by atoms with Crippen LogP contribution in [0.15, 0.2) is 48.5 Å². The first kappa shape index (κ1) is 18.3. The summed E-state index contributed by atoms with van der Waals surface area (Å²) in [6.45, 7) is 3.63. The molecule has 2 saturated heterocycles. The third kappa shape index (κ3) is 2.90. The van der Waals surface area contributed by atoms with Crippen LogP contribution in [0.1, 0.15) is 25.5 Å². The van der Waals surface area contributed by atoms with E-state index in [1.54, 1.807) is 23.3 Å². The van der Waals surface area contributed by atoms with E-state index in [-0.39, 0.29) is 17.9 Å². The number of hydrogen-bond donors (Lipinski definition) is 0. The molecule has 2 aromatic carbocycles. The van der Waals surface area contributed by atoms with Crippen molar-refractivity contribution in [3.8, 4) is 0 Å². The summed E-state index contributed by atoms with van der Waals surface area (Å²) in [7, 11) is 0. The Morgan fingerprint density at radius 3 is 2.33 bits per heavy atom. The van der Waals surface area contributed by atoms with Gasteiger partial charge in [-0.15, -0.1) is 0 Å². The number of fused-ring (bicyclic) bond motifs is 1. The lowest BCUT2D eigenvalue weighted by Crippen LogP contribution is -2.41. The number of carbonyl (C=O) groups is 2. The van der Waals surface area contributed by atoms with Crippen LogP contribution in [-0.4, -0.2) is 28.9 Å². The maximum atomic E-state index is 13.1. The minimum atomic E-state index is -0.864. The molecule has 0 N–H and O–H groups in total. The normalized spacial score (nSPS) is 24.9. The van der Waals surface area contributed by atoms with Gasteiger partial charge in [-0.05, 0) is 43.7 Å². The fraction of sp³-hybridized carbons (Fsp3) is 0.300. The predicted molar refractivity (Wildman–Crippen MR) is 103 cm³/mol. The van der Waals surface area contributed by atoms with Gasteiger partial charge in [0.1, 0.15) is 5.92 Å². The quantitative estimate of drug-likeness (QED) is 0.717. The number of anilines is 1. The second-order valence-electron chi connectivity index (χ2n) is 6.96. The minimum absolute atomic E-state index is 0.231. The van der Waals surface area contributed by atoms with Gasteiger partial charge in [0.15, 0.2) is 6.10 Å². The topological polar surface area (TPSA) is 49.9 Å². The second kappa shape index (κ2) is 6.82. The highest BCUT2D eigenvalue weighted by Gasteiger charge is 2.60. The van der Waals surface area contributed by atoms with Gasteiger partial charge < -0.3 is 0 Å². The molecule has 3 atom stereocenters. The van der Waals surface area contributed by atoms with Gasteiger partial charge in [-0.25, -0.2) is 5.06 Å². The van der Waals surface area contributed by atoms with Crippen molar-refractivity contribution in [3.63, 3.8) is 0 Å². The van der Waals surface area contributed by atoms with Gasteiger partial charge in [-0.2, -0.15) is 0 Å². The number of nitrogens with zero attached hydrogens (tertiary/aromatic N) is 2. The Balaban J connectivity index is 1.84. The number of benzene rings is 2. The molecule has 2 heterocycles. The average molecular weight is 405 g/mol. The van der Waals surface area contributed by atoms with Gasteiger partial charge in [0.25, 0.3) is 5.91 Å². The van der Waals surface area contributed by atoms with Crippen LogP contribution < -0.4 is 5.06 Å². The molecular weight excluding hydrogens is 387 g/mol. The first-order valence-corrected chi connectivity index (χ1v) is 9.48. The van der Waals surface area contributed by atoms with Crippen molar-refractivity contribution in [2.75, 3.05) is 5.06 Å². The van der Waals surface area contributed by atoms with E-state index in [1.165, 1.54) is 4.90 Å². The smallest absolute Gasteiger partial charge is 0.262 e. The third-order valence-corrected chi connectivity index (χ3v) is 5.52. The summed E-state index contributed by atoms with van der Waals surface area (Å²) in [5.74, 6) is -1.22. The molecule has 7 heteroatoms. The third-order valence-electron chi connectivity index (χ3n) is 4.96. The van der Waals surface area contributed by atoms with Crippen molar-refractivity contribution in [3.05, 3.63) is 64.1 Å². The Hall–Kier alpha value is -2.08. The highest BCUT2D eigenvalue weighted by molar-refractivity contribution is 6.35. The highest BCUT2D eigenvalue weighted by atomic mass is 35.5. The van der Waals surface area contributed by atoms with E-state index in [0.717, 1.165) is 5.69 Å². The zero-order valence-corrected chi connectivity index (χ0v) is 16.3. The minimum Gasteiger partial charge on any atom is -0.277 e. The van der Waals surface area contributed by atoms with Crippen LogP contribution in [0.2, 0.25) is 10.0 Å². The molecule has 0 aromatic heterocycles. The molecule has 0 bridgehead atoms. The van der Waals surface area contributed by atoms with Gasteiger partial charge in [0.2, 0.25) is 5.91 Å². The van der Waals surface area contributed by atoms with Crippen LogP contribution in [0.5, 0.6) is 0 Å². The number of rotatable bonds is 3. The van der Waals surface area contributed by atoms with Gasteiger partial charge in [-0.3, -0.25) is 19.3 Å². The van der Waals surface area contributed by atoms with Crippen molar-refractivity contribution in [1.82, 2.24) is 4.90 Å². The van der Waals surface area contributed by atoms with Crippen LogP contribution >= 0.6 is 23.2 Å². The van der Waals surface area contributed by atoms with E-state index in [2.05, 4.69) is 0 Å². The van der Waals surface area contributed by atoms with E-state index < -0.39 is 18.1 Å². The SMILES string of the molecule is CC(C)N1C(=O)[C@H]2[C@H](ON(c3ccccc3)[C@@H]2c2ccc(Cl)cc2Cl)C1=O. The highest BCUT2D eigenvalue weighted by Crippen LogP contribution is 2.48. The van der Waals surface area contributed by atoms with Crippen LogP contribution in [0.25, 0.3) is 0 Å². The molecule has 0 saturated carbocycles. The molecule has 2 fully saturated rings. The molecule has 2 aromatic rings. The van der Waals surface area contributed by atoms with Crippen LogP contribution in [0.4, 0.5) is 5.69 Å². The first-order valence-electron chi connectivity index (χ1n) is 8.73. The van der Waals surface area contributed by atoms with Crippen molar-refractivity contribution in [2.24, 2.45) is 5.92 Å². The van der Waals surface area contributed by atoms with Gasteiger partial charge in [-0.1, -0.05) is 47.5 Å². The fourth-order valence-corrected chi connectivity index (χ4v) is 4.32. The Morgan fingerprint density at radius 2 is 1.70 bits per heavy atom. The Kier molecular flexibility index (Phi) is 4.62. The molecule has 2 aliphatic heterocycles. The van der Waals surface area contributed by atoms with E-state index in [9.17, 15) is 9.59 Å². The van der Waals surface area contributed by atoms with Crippen molar-refractivity contribution in [2.45, 2.75) is 32.0 Å². The van der Waals surface area contributed by atoms with Gasteiger partial charge in [0.05, 0.1) is 11.7 Å². The van der Waals surface area contributed by atoms with Crippen LogP contribution in [-0.2, 0) is 14.4 Å². The Labute approximate surface area is 167 Å².